The summed E-state index contributed by atoms with van der Waals surface area (Å²) in [4.78, 5) is 21.5. The lowest BCUT2D eigenvalue weighted by molar-refractivity contribution is -0.142. The van der Waals surface area contributed by atoms with Gasteiger partial charge in [0.25, 0.3) is 5.91 Å². The fraction of sp³-hybridized carbons (Fsp3) is 0.619. The molecular formula is C21H32N4O2. The minimum absolute atomic E-state index is 0.164. The van der Waals surface area contributed by atoms with E-state index in [0.29, 0.717) is 0 Å². The molecule has 0 aromatic heterocycles. The molecule has 1 atom stereocenters. The Labute approximate surface area is 162 Å². The predicted octanol–water partition coefficient (Wildman–Crippen LogP) is 1.91. The van der Waals surface area contributed by atoms with E-state index in [1.54, 1.807) is 0 Å². The molecule has 2 heterocycles. The maximum atomic E-state index is 12.5. The number of carbonyl (C=O) groups excluding carboxylic acids is 1. The van der Waals surface area contributed by atoms with Crippen LogP contribution in [0.1, 0.15) is 31.7 Å². The highest BCUT2D eigenvalue weighted by Gasteiger charge is 2.30. The molecule has 1 aromatic carbocycles. The van der Waals surface area contributed by atoms with Crippen molar-refractivity contribution in [2.24, 2.45) is 4.99 Å². The Balaban J connectivity index is 1.46. The summed E-state index contributed by atoms with van der Waals surface area (Å²) >= 11 is 0. The van der Waals surface area contributed by atoms with Gasteiger partial charge in [0.1, 0.15) is 6.10 Å². The first-order valence-electron chi connectivity index (χ1n) is 10.3. The van der Waals surface area contributed by atoms with Crippen molar-refractivity contribution in [3.63, 3.8) is 0 Å². The SMILES string of the molecule is CCNC(=NCCCc1ccccc1)N1CCN(C(=O)C2CCCO2)CC1. The molecule has 1 N–H and O–H groups in total. The van der Waals surface area contributed by atoms with Gasteiger partial charge in [-0.05, 0) is 38.2 Å². The fourth-order valence-corrected chi connectivity index (χ4v) is 3.65. The topological polar surface area (TPSA) is 57.2 Å². The van der Waals surface area contributed by atoms with Crippen LogP contribution in [0.15, 0.2) is 35.3 Å². The second-order valence-electron chi connectivity index (χ2n) is 7.14. The van der Waals surface area contributed by atoms with Crippen molar-refractivity contribution in [2.45, 2.75) is 38.7 Å². The molecule has 148 valence electrons. The summed E-state index contributed by atoms with van der Waals surface area (Å²) in [6.45, 7) is 7.61. The van der Waals surface area contributed by atoms with Crippen molar-refractivity contribution in [3.05, 3.63) is 35.9 Å². The number of hydrogen-bond acceptors (Lipinski definition) is 3. The Morgan fingerprint density at radius 2 is 1.93 bits per heavy atom. The van der Waals surface area contributed by atoms with Crippen molar-refractivity contribution in [3.8, 4) is 0 Å². The zero-order valence-corrected chi connectivity index (χ0v) is 16.4. The number of guanidine groups is 1. The van der Waals surface area contributed by atoms with Gasteiger partial charge in [-0.2, -0.15) is 0 Å². The molecule has 0 aliphatic carbocycles. The number of amides is 1. The highest BCUT2D eigenvalue weighted by Crippen LogP contribution is 2.16. The largest absolute Gasteiger partial charge is 0.368 e. The quantitative estimate of drug-likeness (QED) is 0.471. The van der Waals surface area contributed by atoms with E-state index in [1.807, 2.05) is 11.0 Å². The van der Waals surface area contributed by atoms with Crippen molar-refractivity contribution in [2.75, 3.05) is 45.9 Å². The molecule has 0 radical (unpaired) electrons. The van der Waals surface area contributed by atoms with Gasteiger partial charge in [-0.25, -0.2) is 0 Å². The highest BCUT2D eigenvalue weighted by molar-refractivity contribution is 5.82. The monoisotopic (exact) mass is 372 g/mol. The average Bonchev–Trinajstić information content (AvgIpc) is 3.26. The number of benzene rings is 1. The smallest absolute Gasteiger partial charge is 0.251 e. The van der Waals surface area contributed by atoms with E-state index in [2.05, 4.69) is 41.4 Å². The maximum Gasteiger partial charge on any atom is 0.251 e. The van der Waals surface area contributed by atoms with Gasteiger partial charge in [0.2, 0.25) is 0 Å². The van der Waals surface area contributed by atoms with E-state index < -0.39 is 0 Å². The molecule has 1 aromatic rings. The molecule has 0 saturated carbocycles. The minimum atomic E-state index is -0.212. The van der Waals surface area contributed by atoms with E-state index in [9.17, 15) is 4.79 Å². The zero-order valence-electron chi connectivity index (χ0n) is 16.4. The van der Waals surface area contributed by atoms with Crippen molar-refractivity contribution in [1.82, 2.24) is 15.1 Å². The molecule has 2 aliphatic rings. The molecule has 2 fully saturated rings. The van der Waals surface area contributed by atoms with Crippen molar-refractivity contribution >= 4 is 11.9 Å². The van der Waals surface area contributed by atoms with Gasteiger partial charge < -0.3 is 19.9 Å². The second-order valence-corrected chi connectivity index (χ2v) is 7.14. The fourth-order valence-electron chi connectivity index (χ4n) is 3.65. The minimum Gasteiger partial charge on any atom is -0.368 e. The van der Waals surface area contributed by atoms with Gasteiger partial charge in [0.05, 0.1) is 0 Å². The first kappa shape index (κ1) is 19.7. The number of carbonyl (C=O) groups is 1. The van der Waals surface area contributed by atoms with Gasteiger partial charge in [-0.15, -0.1) is 0 Å². The van der Waals surface area contributed by atoms with E-state index in [1.165, 1.54) is 5.56 Å². The summed E-state index contributed by atoms with van der Waals surface area (Å²) in [5, 5.41) is 3.40. The number of ether oxygens (including phenoxy) is 1. The van der Waals surface area contributed by atoms with Crippen molar-refractivity contribution < 1.29 is 9.53 Å². The Kier molecular flexibility index (Phi) is 7.51. The van der Waals surface area contributed by atoms with Gasteiger partial charge in [-0.1, -0.05) is 30.3 Å². The normalized spacial score (nSPS) is 20.8. The summed E-state index contributed by atoms with van der Waals surface area (Å²) < 4.78 is 5.54. The molecule has 1 unspecified atom stereocenters. The van der Waals surface area contributed by atoms with Crippen LogP contribution in [0.5, 0.6) is 0 Å². The molecule has 2 saturated heterocycles. The average molecular weight is 373 g/mol. The molecule has 0 spiro atoms. The number of rotatable bonds is 6. The summed E-state index contributed by atoms with van der Waals surface area (Å²) in [7, 11) is 0. The Bertz CT molecular complexity index is 606. The summed E-state index contributed by atoms with van der Waals surface area (Å²) in [6.07, 6.45) is 3.74. The van der Waals surface area contributed by atoms with Crippen LogP contribution in [0.25, 0.3) is 0 Å². The molecule has 2 aliphatic heterocycles. The molecule has 1 amide bonds. The first-order chi connectivity index (χ1) is 13.3. The molecular weight excluding hydrogens is 340 g/mol. The van der Waals surface area contributed by atoms with Gasteiger partial charge in [0.15, 0.2) is 5.96 Å². The van der Waals surface area contributed by atoms with Crippen LogP contribution < -0.4 is 5.32 Å². The highest BCUT2D eigenvalue weighted by atomic mass is 16.5. The summed E-state index contributed by atoms with van der Waals surface area (Å²) in [6, 6.07) is 10.5. The number of nitrogens with one attached hydrogen (secondary N) is 1. The first-order valence-corrected chi connectivity index (χ1v) is 10.3. The summed E-state index contributed by atoms with van der Waals surface area (Å²) in [5.74, 6) is 1.13. The van der Waals surface area contributed by atoms with Crippen LogP contribution in [-0.2, 0) is 16.0 Å². The Morgan fingerprint density at radius 3 is 2.59 bits per heavy atom. The van der Waals surface area contributed by atoms with Crippen LogP contribution in [0.3, 0.4) is 0 Å². The maximum absolute atomic E-state index is 12.5. The molecule has 6 nitrogen and oxygen atoms in total. The molecule has 0 bridgehead atoms. The standard InChI is InChI=1S/C21H32N4O2/c1-2-22-21(23-12-6-10-18-8-4-3-5-9-18)25-15-13-24(14-16-25)20(26)19-11-7-17-27-19/h3-5,8-9,19H,2,6-7,10-17H2,1H3,(H,22,23). The van der Waals surface area contributed by atoms with Gasteiger partial charge in [0, 0.05) is 45.9 Å². The van der Waals surface area contributed by atoms with Crippen molar-refractivity contribution in [1.29, 1.82) is 0 Å². The molecule has 3 rings (SSSR count). The molecule has 6 heteroatoms. The lowest BCUT2D eigenvalue weighted by Gasteiger charge is -2.37. The van der Waals surface area contributed by atoms with E-state index in [0.717, 1.165) is 77.5 Å². The number of aryl methyl sites for hydroxylation is 1. The van der Waals surface area contributed by atoms with Crippen LogP contribution >= 0.6 is 0 Å². The Morgan fingerprint density at radius 1 is 1.19 bits per heavy atom. The predicted molar refractivity (Wildman–Crippen MR) is 108 cm³/mol. The van der Waals surface area contributed by atoms with Crippen LogP contribution in [0.4, 0.5) is 0 Å². The number of hydrogen-bond donors (Lipinski definition) is 1. The third-order valence-electron chi connectivity index (χ3n) is 5.16. The van der Waals surface area contributed by atoms with E-state index in [-0.39, 0.29) is 12.0 Å². The Hall–Kier alpha value is -2.08. The van der Waals surface area contributed by atoms with E-state index in [4.69, 9.17) is 9.73 Å². The number of piperazine rings is 1. The number of nitrogens with zero attached hydrogens (tertiary/aromatic N) is 3. The van der Waals surface area contributed by atoms with Gasteiger partial charge >= 0.3 is 0 Å². The lowest BCUT2D eigenvalue weighted by atomic mass is 10.1. The van der Waals surface area contributed by atoms with Crippen LogP contribution in [0, 0.1) is 0 Å². The number of aliphatic imine (C=N–C) groups is 1. The summed E-state index contributed by atoms with van der Waals surface area (Å²) in [5.41, 5.74) is 1.36. The van der Waals surface area contributed by atoms with Gasteiger partial charge in [-0.3, -0.25) is 9.79 Å². The van der Waals surface area contributed by atoms with Crippen LogP contribution in [-0.4, -0.2) is 73.6 Å². The van der Waals surface area contributed by atoms with Crippen LogP contribution in [0.2, 0.25) is 0 Å². The molecule has 27 heavy (non-hydrogen) atoms. The third kappa shape index (κ3) is 5.70. The third-order valence-corrected chi connectivity index (χ3v) is 5.16. The zero-order chi connectivity index (χ0) is 18.9. The van der Waals surface area contributed by atoms with E-state index >= 15 is 0 Å². The lowest BCUT2D eigenvalue weighted by Crippen LogP contribution is -2.55. The second kappa shape index (κ2) is 10.3.